The van der Waals surface area contributed by atoms with E-state index in [1.165, 1.54) is 17.0 Å². The van der Waals surface area contributed by atoms with Crippen molar-refractivity contribution in [3.8, 4) is 0 Å². The summed E-state index contributed by atoms with van der Waals surface area (Å²) in [4.78, 5) is 6.10. The van der Waals surface area contributed by atoms with Crippen LogP contribution in [0.5, 0.6) is 0 Å². The third-order valence-electron chi connectivity index (χ3n) is 1.98. The zero-order chi connectivity index (χ0) is 11.8. The summed E-state index contributed by atoms with van der Waals surface area (Å²) in [7, 11) is 0. The quantitative estimate of drug-likeness (QED) is 0.751. The van der Waals surface area contributed by atoms with Gasteiger partial charge in [-0.15, -0.1) is 0 Å². The van der Waals surface area contributed by atoms with E-state index in [2.05, 4.69) is 4.84 Å². The lowest BCUT2D eigenvalue weighted by Gasteiger charge is -2.07. The van der Waals surface area contributed by atoms with E-state index in [9.17, 15) is 18.3 Å². The number of hydrogen-bond donors (Lipinski definition) is 1. The number of nitrogens with two attached hydrogens (primary N) is 1. The van der Waals surface area contributed by atoms with Crippen molar-refractivity contribution in [3.05, 3.63) is 41.3 Å². The molecule has 0 spiro atoms. The highest BCUT2D eigenvalue weighted by Gasteiger charge is 2.30. The minimum absolute atomic E-state index is 0.300. The van der Waals surface area contributed by atoms with Gasteiger partial charge in [0, 0.05) is 0 Å². The molecule has 0 unspecified atom stereocenters. The summed E-state index contributed by atoms with van der Waals surface area (Å²) in [6.07, 6.45) is -4.36. The highest BCUT2D eigenvalue weighted by Crippen LogP contribution is 2.32. The van der Waals surface area contributed by atoms with Gasteiger partial charge in [0.2, 0.25) is 0 Å². The van der Waals surface area contributed by atoms with E-state index in [4.69, 9.17) is 0 Å². The van der Waals surface area contributed by atoms with E-state index in [-0.39, 0.29) is 0 Å². The summed E-state index contributed by atoms with van der Waals surface area (Å²) in [6.45, 7) is 0. The molecule has 86 valence electrons. The molecule has 2 N–H and O–H groups in total. The maximum atomic E-state index is 12.3. The molecule has 1 aliphatic heterocycles. The number of benzene rings is 1. The van der Waals surface area contributed by atoms with E-state index in [1.54, 1.807) is 0 Å². The van der Waals surface area contributed by atoms with Crippen LogP contribution in [-0.2, 0) is 11.0 Å². The van der Waals surface area contributed by atoms with Gasteiger partial charge in [0.25, 0.3) is 0 Å². The maximum Gasteiger partial charge on any atom is 0.416 e. The molecule has 1 aliphatic rings. The topological polar surface area (TPSA) is 48.9 Å². The van der Waals surface area contributed by atoms with Gasteiger partial charge in [-0.05, 0) is 17.7 Å². The van der Waals surface area contributed by atoms with Gasteiger partial charge >= 0.3 is 6.18 Å². The smallest absolute Gasteiger partial charge is 0.416 e. The first-order valence-corrected chi connectivity index (χ1v) is 5.10. The summed E-state index contributed by atoms with van der Waals surface area (Å²) in [5.74, 6) is -0.537. The van der Waals surface area contributed by atoms with Crippen LogP contribution in [0.3, 0.4) is 0 Å². The van der Waals surface area contributed by atoms with Crippen molar-refractivity contribution in [1.82, 2.24) is 0 Å². The second-order valence-corrected chi connectivity index (χ2v) is 3.86. The molecule has 1 aromatic rings. The van der Waals surface area contributed by atoms with Crippen molar-refractivity contribution < 1.29 is 28.0 Å². The van der Waals surface area contributed by atoms with Crippen LogP contribution in [0.25, 0.3) is 4.91 Å². The zero-order valence-corrected chi connectivity index (χ0v) is 8.56. The van der Waals surface area contributed by atoms with Crippen LogP contribution in [0.4, 0.5) is 13.2 Å². The number of rotatable bonds is 1. The van der Waals surface area contributed by atoms with Gasteiger partial charge in [-0.25, -0.2) is 0 Å². The highest BCUT2D eigenvalue weighted by molar-refractivity contribution is 8.02. The van der Waals surface area contributed by atoms with Crippen LogP contribution in [0.15, 0.2) is 30.2 Å². The Morgan fingerprint density at radius 1 is 1.19 bits per heavy atom. The molecule has 0 fully saturated rings. The molecule has 0 amide bonds. The fourth-order valence-electron chi connectivity index (χ4n) is 1.21. The second kappa shape index (κ2) is 3.91. The average molecular weight is 249 g/mol. The SMILES string of the molecule is [O-]C1=C(c2ccc(C(F)(F)F)cc2)S[NH2+]O1. The number of halogens is 3. The van der Waals surface area contributed by atoms with Crippen LogP contribution in [0.1, 0.15) is 11.1 Å². The zero-order valence-electron chi connectivity index (χ0n) is 7.75. The minimum atomic E-state index is -4.36. The third kappa shape index (κ3) is 2.10. The first kappa shape index (κ1) is 11.2. The van der Waals surface area contributed by atoms with Crippen LogP contribution in [0, 0.1) is 0 Å². The van der Waals surface area contributed by atoms with Gasteiger partial charge in [-0.2, -0.15) is 18.1 Å². The summed E-state index contributed by atoms with van der Waals surface area (Å²) < 4.78 is 36.8. The molecule has 0 bridgehead atoms. The molecule has 16 heavy (non-hydrogen) atoms. The van der Waals surface area contributed by atoms with E-state index < -0.39 is 17.7 Å². The second-order valence-electron chi connectivity index (χ2n) is 3.02. The van der Waals surface area contributed by atoms with Crippen molar-refractivity contribution >= 4 is 16.9 Å². The summed E-state index contributed by atoms with van der Waals surface area (Å²) in [5, 5.41) is 11.1. The fraction of sp³-hybridized carbons (Fsp3) is 0.111. The largest absolute Gasteiger partial charge is 0.540 e. The van der Waals surface area contributed by atoms with Crippen LogP contribution < -0.4 is 9.99 Å². The molecule has 3 nitrogen and oxygen atoms in total. The normalized spacial score (nSPS) is 16.4. The molecule has 7 heteroatoms. The van der Waals surface area contributed by atoms with Crippen molar-refractivity contribution in [3.63, 3.8) is 0 Å². The molecular weight excluding hydrogens is 243 g/mol. The van der Waals surface area contributed by atoms with Gasteiger partial charge in [0.1, 0.15) is 22.8 Å². The van der Waals surface area contributed by atoms with E-state index in [1.807, 2.05) is 0 Å². The molecular formula is C9H6F3NO2S. The third-order valence-corrected chi connectivity index (χ3v) is 2.81. The van der Waals surface area contributed by atoms with Crippen LogP contribution >= 0.6 is 11.9 Å². The Bertz CT molecular complexity index is 427. The minimum Gasteiger partial charge on any atom is -0.540 e. The summed E-state index contributed by atoms with van der Waals surface area (Å²) in [6, 6.07) is 4.39. The van der Waals surface area contributed by atoms with E-state index in [0.717, 1.165) is 24.1 Å². The predicted octanol–water partition coefficient (Wildman–Crippen LogP) is 0.849. The van der Waals surface area contributed by atoms with Crippen molar-refractivity contribution in [2.45, 2.75) is 6.18 Å². The molecule has 2 rings (SSSR count). The summed E-state index contributed by atoms with van der Waals surface area (Å²) >= 11 is 1.06. The Kier molecular flexibility index (Phi) is 2.73. The Balaban J connectivity index is 2.30. The Hall–Kier alpha value is -1.34. The van der Waals surface area contributed by atoms with Crippen LogP contribution in [-0.4, -0.2) is 0 Å². The Morgan fingerprint density at radius 3 is 2.25 bits per heavy atom. The highest BCUT2D eigenvalue weighted by atomic mass is 32.2. The molecule has 0 aromatic heterocycles. The number of alkyl halides is 3. The Morgan fingerprint density at radius 2 is 1.81 bits per heavy atom. The van der Waals surface area contributed by atoms with Gasteiger partial charge < -0.3 is 9.94 Å². The molecule has 0 aliphatic carbocycles. The lowest BCUT2D eigenvalue weighted by Crippen LogP contribution is -2.71. The number of quaternary nitrogens is 1. The molecule has 1 aromatic carbocycles. The molecule has 0 radical (unpaired) electrons. The average Bonchev–Trinajstić information content (AvgIpc) is 2.63. The molecule has 1 heterocycles. The van der Waals surface area contributed by atoms with Gasteiger partial charge in [0.15, 0.2) is 0 Å². The van der Waals surface area contributed by atoms with E-state index in [0.29, 0.717) is 10.5 Å². The van der Waals surface area contributed by atoms with Crippen molar-refractivity contribution in [2.24, 2.45) is 0 Å². The standard InChI is InChI=1S/C9H6F3NO2S/c10-9(11,12)6-3-1-5(2-4-6)7-8(14)15-13-16-7/h1-4,13-14H. The molecule has 0 saturated heterocycles. The fourth-order valence-corrected chi connectivity index (χ4v) is 1.86. The van der Waals surface area contributed by atoms with Gasteiger partial charge in [-0.1, -0.05) is 12.1 Å². The van der Waals surface area contributed by atoms with Crippen molar-refractivity contribution in [2.75, 3.05) is 0 Å². The predicted molar refractivity (Wildman–Crippen MR) is 49.0 cm³/mol. The van der Waals surface area contributed by atoms with Gasteiger partial charge in [-0.3, -0.25) is 0 Å². The summed E-state index contributed by atoms with van der Waals surface area (Å²) in [5.41, 5.74) is -0.311. The maximum absolute atomic E-state index is 12.3. The van der Waals surface area contributed by atoms with Crippen molar-refractivity contribution in [1.29, 1.82) is 0 Å². The Labute approximate surface area is 93.0 Å². The van der Waals surface area contributed by atoms with Crippen LogP contribution in [0.2, 0.25) is 0 Å². The molecule has 0 saturated carbocycles. The van der Waals surface area contributed by atoms with E-state index >= 15 is 0 Å². The van der Waals surface area contributed by atoms with Gasteiger partial charge in [0.05, 0.1) is 5.56 Å². The molecule has 0 atom stereocenters. The lowest BCUT2D eigenvalue weighted by molar-refractivity contribution is -0.775. The monoisotopic (exact) mass is 249 g/mol. The first-order chi connectivity index (χ1) is 7.48. The lowest BCUT2D eigenvalue weighted by atomic mass is 10.1. The number of hydrogen-bond acceptors (Lipinski definition) is 3. The first-order valence-electron chi connectivity index (χ1n) is 4.22.